The van der Waals surface area contributed by atoms with Gasteiger partial charge in [0.1, 0.15) is 11.6 Å². The third-order valence-corrected chi connectivity index (χ3v) is 7.21. The van der Waals surface area contributed by atoms with Gasteiger partial charge >= 0.3 is 5.97 Å². The molecular formula is C31H26ClFN4O4. The molecule has 1 fully saturated rings. The molecule has 1 saturated heterocycles. The lowest BCUT2D eigenvalue weighted by atomic mass is 9.94. The number of carboxylic acids is 1. The van der Waals surface area contributed by atoms with E-state index >= 15 is 0 Å². The fraction of sp³-hybridized carbons (Fsp3) is 0.226. The first-order chi connectivity index (χ1) is 19.7. The van der Waals surface area contributed by atoms with Crippen molar-refractivity contribution in [3.63, 3.8) is 0 Å². The number of carbonyl (C=O) groups excluding carboxylic acids is 1. The summed E-state index contributed by atoms with van der Waals surface area (Å²) in [6, 6.07) is 16.3. The highest BCUT2D eigenvalue weighted by molar-refractivity contribution is 6.31. The Labute approximate surface area is 240 Å². The van der Waals surface area contributed by atoms with Crippen molar-refractivity contribution in [2.24, 2.45) is 0 Å². The summed E-state index contributed by atoms with van der Waals surface area (Å²) in [6.07, 6.45) is 3.59. The van der Waals surface area contributed by atoms with Crippen LogP contribution in [0.1, 0.15) is 28.8 Å². The molecule has 0 bridgehead atoms. The van der Waals surface area contributed by atoms with Crippen LogP contribution in [0.4, 0.5) is 4.39 Å². The van der Waals surface area contributed by atoms with Gasteiger partial charge in [-0.3, -0.25) is 9.78 Å². The van der Waals surface area contributed by atoms with E-state index in [0.717, 1.165) is 25.5 Å². The average molecular weight is 573 g/mol. The van der Waals surface area contributed by atoms with Gasteiger partial charge in [-0.1, -0.05) is 17.7 Å². The molecule has 1 amide bonds. The number of aliphatic carboxylic acids is 1. The van der Waals surface area contributed by atoms with Crippen LogP contribution in [0.25, 0.3) is 33.2 Å². The molecule has 2 heterocycles. The van der Waals surface area contributed by atoms with Crippen molar-refractivity contribution in [3.05, 3.63) is 82.8 Å². The third kappa shape index (κ3) is 6.30. The smallest absolute Gasteiger partial charge is 0.341 e. The third-order valence-electron chi connectivity index (χ3n) is 6.99. The molecule has 0 aliphatic carbocycles. The number of pyridine rings is 1. The maximum absolute atomic E-state index is 14.3. The van der Waals surface area contributed by atoms with E-state index in [2.05, 4.69) is 10.3 Å². The summed E-state index contributed by atoms with van der Waals surface area (Å²) in [5.74, 6) is -1.70. The molecule has 1 aliphatic heterocycles. The second kappa shape index (κ2) is 11.9. The molecule has 4 aromatic rings. The van der Waals surface area contributed by atoms with E-state index in [9.17, 15) is 19.2 Å². The summed E-state index contributed by atoms with van der Waals surface area (Å²) in [5, 5.41) is 22.6. The summed E-state index contributed by atoms with van der Waals surface area (Å²) in [6.45, 7) is 0.847. The van der Waals surface area contributed by atoms with Crippen LogP contribution in [0.2, 0.25) is 5.02 Å². The molecule has 2 N–H and O–H groups in total. The van der Waals surface area contributed by atoms with E-state index in [1.165, 1.54) is 12.1 Å². The Hall–Kier alpha value is -4.52. The number of nitriles is 1. The van der Waals surface area contributed by atoms with Crippen LogP contribution in [-0.2, 0) is 4.79 Å². The quantitative estimate of drug-likeness (QED) is 0.285. The van der Waals surface area contributed by atoms with Crippen LogP contribution in [0.15, 0.2) is 60.8 Å². The number of carbonyl (C=O) groups is 2. The van der Waals surface area contributed by atoms with Gasteiger partial charge in [-0.2, -0.15) is 5.26 Å². The number of amides is 1. The van der Waals surface area contributed by atoms with E-state index in [-0.39, 0.29) is 23.3 Å². The fourth-order valence-electron chi connectivity index (χ4n) is 5.11. The van der Waals surface area contributed by atoms with Crippen LogP contribution < -0.4 is 10.1 Å². The normalized spacial score (nSPS) is 14.5. The topological polar surface area (TPSA) is 116 Å². The minimum Gasteiger partial charge on any atom is -0.482 e. The van der Waals surface area contributed by atoms with Gasteiger partial charge in [0, 0.05) is 41.8 Å². The number of nitrogens with zero attached hydrogens (tertiary/aromatic N) is 3. The van der Waals surface area contributed by atoms with Crippen LogP contribution in [0.5, 0.6) is 5.75 Å². The Balaban J connectivity index is 1.68. The molecule has 5 rings (SSSR count). The highest BCUT2D eigenvalue weighted by atomic mass is 35.5. The van der Waals surface area contributed by atoms with Crippen molar-refractivity contribution in [2.45, 2.75) is 18.9 Å². The van der Waals surface area contributed by atoms with Gasteiger partial charge in [-0.25, -0.2) is 9.18 Å². The van der Waals surface area contributed by atoms with Gasteiger partial charge in [0.25, 0.3) is 5.91 Å². The SMILES string of the molecule is CN(C[C@@H]1CCCN1)C(=O)c1c(-c2cc(Cl)cc(OCC(=O)O)c2)cnc2ccc(-c3cc(F)cc(C#N)c3)cc12. The lowest BCUT2D eigenvalue weighted by Gasteiger charge is -2.24. The molecule has 1 aromatic heterocycles. The Bertz CT molecular complexity index is 1700. The molecule has 10 heteroatoms. The number of aromatic nitrogens is 1. The standard InChI is InChI=1S/C31H26ClFN4O4/c1-37(16-24-3-2-6-35-24)31(40)30-26-12-19(20-7-18(14-34)8-23(33)10-20)4-5-28(26)36-15-27(30)21-9-22(32)13-25(11-21)41-17-29(38)39/h4-5,7-13,15,24,35H,2-3,6,16-17H2,1H3,(H,38,39)/t24-/m0/s1. The second-order valence-electron chi connectivity index (χ2n) is 9.96. The molecule has 8 nitrogen and oxygen atoms in total. The van der Waals surface area contributed by atoms with Gasteiger partial charge in [0.05, 0.1) is 22.7 Å². The van der Waals surface area contributed by atoms with Gasteiger partial charge in [0.15, 0.2) is 6.61 Å². The molecule has 208 valence electrons. The Morgan fingerprint density at radius 1 is 1.17 bits per heavy atom. The van der Waals surface area contributed by atoms with E-state index in [1.54, 1.807) is 54.5 Å². The number of hydrogen-bond acceptors (Lipinski definition) is 6. The summed E-state index contributed by atoms with van der Waals surface area (Å²) < 4.78 is 19.7. The van der Waals surface area contributed by atoms with E-state index in [0.29, 0.717) is 50.3 Å². The number of benzene rings is 3. The lowest BCUT2D eigenvalue weighted by Crippen LogP contribution is -2.38. The van der Waals surface area contributed by atoms with Crippen LogP contribution in [-0.4, -0.2) is 59.7 Å². The van der Waals surface area contributed by atoms with Gasteiger partial charge < -0.3 is 20.1 Å². The zero-order valence-corrected chi connectivity index (χ0v) is 22.9. The number of halogens is 2. The van der Waals surface area contributed by atoms with E-state index in [1.807, 2.05) is 6.07 Å². The van der Waals surface area contributed by atoms with Gasteiger partial charge in [-0.15, -0.1) is 0 Å². The highest BCUT2D eigenvalue weighted by Crippen LogP contribution is 2.36. The number of nitrogens with one attached hydrogen (secondary N) is 1. The fourth-order valence-corrected chi connectivity index (χ4v) is 5.33. The van der Waals surface area contributed by atoms with Crippen molar-refractivity contribution in [2.75, 3.05) is 26.7 Å². The molecule has 0 spiro atoms. The summed E-state index contributed by atoms with van der Waals surface area (Å²) in [4.78, 5) is 31.5. The number of fused-ring (bicyclic) bond motifs is 1. The average Bonchev–Trinajstić information content (AvgIpc) is 3.47. The van der Waals surface area contributed by atoms with Gasteiger partial charge in [0.2, 0.25) is 0 Å². The van der Waals surface area contributed by atoms with E-state index in [4.69, 9.17) is 21.4 Å². The summed E-state index contributed by atoms with van der Waals surface area (Å²) in [7, 11) is 1.74. The van der Waals surface area contributed by atoms with Crippen molar-refractivity contribution in [1.82, 2.24) is 15.2 Å². The number of hydrogen-bond donors (Lipinski definition) is 2. The second-order valence-corrected chi connectivity index (χ2v) is 10.4. The first-order valence-corrected chi connectivity index (χ1v) is 13.4. The minimum atomic E-state index is -1.14. The molecule has 0 unspecified atom stereocenters. The zero-order valence-electron chi connectivity index (χ0n) is 22.2. The maximum atomic E-state index is 14.3. The molecule has 0 radical (unpaired) electrons. The largest absolute Gasteiger partial charge is 0.482 e. The van der Waals surface area contributed by atoms with Crippen molar-refractivity contribution in [1.29, 1.82) is 5.26 Å². The van der Waals surface area contributed by atoms with Crippen molar-refractivity contribution < 1.29 is 23.8 Å². The monoisotopic (exact) mass is 572 g/mol. The molecule has 0 saturated carbocycles. The predicted octanol–water partition coefficient (Wildman–Crippen LogP) is 5.52. The van der Waals surface area contributed by atoms with Crippen LogP contribution in [0.3, 0.4) is 0 Å². The lowest BCUT2D eigenvalue weighted by molar-refractivity contribution is -0.139. The maximum Gasteiger partial charge on any atom is 0.341 e. The van der Waals surface area contributed by atoms with E-state index < -0.39 is 18.4 Å². The first-order valence-electron chi connectivity index (χ1n) is 13.0. The Kier molecular flexibility index (Phi) is 8.15. The minimum absolute atomic E-state index is 0.176. The Morgan fingerprint density at radius 2 is 2.00 bits per heavy atom. The van der Waals surface area contributed by atoms with Crippen molar-refractivity contribution >= 4 is 34.4 Å². The van der Waals surface area contributed by atoms with Crippen LogP contribution in [0, 0.1) is 17.1 Å². The number of rotatable bonds is 8. The molecule has 3 aromatic carbocycles. The number of ether oxygens (including phenoxy) is 1. The number of likely N-dealkylation sites (N-methyl/N-ethyl adjacent to an activating group) is 1. The molecule has 1 atom stereocenters. The number of carboxylic acid groups (broad SMARTS) is 1. The molecular weight excluding hydrogens is 547 g/mol. The zero-order chi connectivity index (χ0) is 29.1. The van der Waals surface area contributed by atoms with Gasteiger partial charge in [-0.05, 0) is 84.6 Å². The predicted molar refractivity (Wildman–Crippen MR) is 153 cm³/mol. The summed E-state index contributed by atoms with van der Waals surface area (Å²) in [5.41, 5.74) is 3.19. The summed E-state index contributed by atoms with van der Waals surface area (Å²) >= 11 is 6.38. The molecule has 41 heavy (non-hydrogen) atoms. The van der Waals surface area contributed by atoms with Crippen molar-refractivity contribution in [3.8, 4) is 34.1 Å². The molecule has 1 aliphatic rings. The Morgan fingerprint density at radius 3 is 2.73 bits per heavy atom. The van der Waals surface area contributed by atoms with Crippen LogP contribution >= 0.6 is 11.6 Å². The highest BCUT2D eigenvalue weighted by Gasteiger charge is 2.25. The first kappa shape index (κ1) is 28.0.